The van der Waals surface area contributed by atoms with Crippen LogP contribution < -0.4 is 0 Å². The van der Waals surface area contributed by atoms with Gasteiger partial charge in [-0.3, -0.25) is 48.4 Å². The number of benzene rings is 6. The molecule has 12 aromatic rings. The van der Waals surface area contributed by atoms with E-state index >= 15 is 0 Å². The summed E-state index contributed by atoms with van der Waals surface area (Å²) in [5.74, 6) is -0.755. The number of hydrogen-bond acceptors (Lipinski definition) is 16. The first-order valence-electron chi connectivity index (χ1n) is 27.4. The van der Waals surface area contributed by atoms with E-state index in [0.29, 0.717) is 25.2 Å². The van der Waals surface area contributed by atoms with Crippen molar-refractivity contribution in [3.8, 4) is 55.9 Å². The summed E-state index contributed by atoms with van der Waals surface area (Å²) in [6, 6.07) is 66.5. The third kappa shape index (κ3) is 25.5. The molecule has 0 saturated carbocycles. The summed E-state index contributed by atoms with van der Waals surface area (Å²) in [6.07, 6.45) is 15.7. The first kappa shape index (κ1) is 74.0. The van der Waals surface area contributed by atoms with Crippen molar-refractivity contribution in [1.82, 2.24) is 29.9 Å². The molecule has 0 aliphatic rings. The monoisotopic (exact) mass is 1410 g/mol. The van der Waals surface area contributed by atoms with Crippen molar-refractivity contribution in [2.45, 2.75) is 26.2 Å². The number of aryl methyl sites for hydroxylation is 2. The predicted molar refractivity (Wildman–Crippen MR) is 362 cm³/mol. The zero-order valence-electron chi connectivity index (χ0n) is 50.2. The van der Waals surface area contributed by atoms with Crippen molar-refractivity contribution in [3.05, 3.63) is 242 Å². The van der Waals surface area contributed by atoms with Crippen LogP contribution in [0.15, 0.2) is 231 Å². The van der Waals surface area contributed by atoms with Crippen LogP contribution in [0.5, 0.6) is 0 Å². The Balaban J connectivity index is 0.000000219. The van der Waals surface area contributed by atoms with Crippen molar-refractivity contribution >= 4 is 90.8 Å². The maximum absolute atomic E-state index is 10.5. The molecule has 25 heteroatoms. The largest absolute Gasteiger partial charge is 0.481 e. The summed E-state index contributed by atoms with van der Waals surface area (Å²) in [5, 5.41) is 13.1. The normalized spacial score (nSPS) is 11.1. The molecule has 0 fully saturated rings. The van der Waals surface area contributed by atoms with Crippen LogP contribution in [0.25, 0.3) is 99.5 Å². The first-order valence-corrected chi connectivity index (χ1v) is 34.8. The molecule has 480 valence electrons. The van der Waals surface area contributed by atoms with Crippen LogP contribution in [0.2, 0.25) is 0 Å². The summed E-state index contributed by atoms with van der Waals surface area (Å²) in [7, 11) is -14.2. The van der Waals surface area contributed by atoms with Gasteiger partial charge < -0.3 is 18.8 Å². The Bertz CT molecular complexity index is 4240. The standard InChI is InChI=1S/2C24H16N2.C15H16N2O2.CH6O3S.3CH4O3S.Ru/c2*1-3-7-17(8-4-1)19-13-15-25-23-21(19)11-12-22-20(14-16-26-24(22)23)18-9-5-2-6-10-18;1-11-5-7-16-13(9-11)14-10-12(6-8-17-14)3-2-4-15(18)19;4*1-5(2,3)4;/h2*1-16H;5-10H,2-4H2,1H3,(H,18,19);2-4H,1H3;3*1H3,(H,2,3,4);. The van der Waals surface area contributed by atoms with Gasteiger partial charge in [0.25, 0.3) is 30.4 Å². The van der Waals surface area contributed by atoms with Crippen molar-refractivity contribution in [2.75, 3.05) is 25.0 Å². The van der Waals surface area contributed by atoms with E-state index in [2.05, 4.69) is 175 Å². The van der Waals surface area contributed by atoms with Gasteiger partial charge in [0.1, 0.15) is 0 Å². The summed E-state index contributed by atoms with van der Waals surface area (Å²) in [5.41, 5.74) is 17.2. The van der Waals surface area contributed by atoms with Crippen LogP contribution in [-0.2, 0) is 61.0 Å². The van der Waals surface area contributed by atoms with E-state index in [1.165, 1.54) is 44.5 Å². The molecule has 6 heterocycles. The number of aromatic nitrogens is 6. The van der Waals surface area contributed by atoms with E-state index in [1.54, 1.807) is 12.4 Å². The summed E-state index contributed by atoms with van der Waals surface area (Å²) in [4.78, 5) is 37.8. The molecular weight excluding hydrogens is 1340 g/mol. The Labute approximate surface area is 548 Å². The molecule has 0 amide bonds. The fourth-order valence-corrected chi connectivity index (χ4v) is 9.02. The molecular formula is C67H66N6O14RuS4. The number of pyridine rings is 6. The number of carboxylic acid groups (broad SMARTS) is 1. The average molecular weight is 1410 g/mol. The molecule has 0 bridgehead atoms. The van der Waals surface area contributed by atoms with Crippen LogP contribution in [0, 0.1) is 6.92 Å². The predicted octanol–water partition coefficient (Wildman–Crippen LogP) is 14.4. The maximum Gasteiger partial charge on any atom is 0.303 e. The fourth-order valence-electron chi connectivity index (χ4n) is 9.02. The number of hydrogen-bond donors (Lipinski definition) is 7. The van der Waals surface area contributed by atoms with Crippen molar-refractivity contribution in [1.29, 1.82) is 0 Å². The Morgan fingerprint density at radius 2 is 0.620 bits per heavy atom. The summed E-state index contributed by atoms with van der Waals surface area (Å²) in [6.45, 7) is 2.02. The molecule has 0 aliphatic carbocycles. The van der Waals surface area contributed by atoms with Crippen molar-refractivity contribution in [3.63, 3.8) is 0 Å². The molecule has 0 atom stereocenters. The quantitative estimate of drug-likeness (QED) is 0.0401. The van der Waals surface area contributed by atoms with Gasteiger partial charge in [0.15, 0.2) is 0 Å². The minimum atomic E-state index is -3.67. The first-order chi connectivity index (χ1) is 43.0. The van der Waals surface area contributed by atoms with E-state index < -0.39 is 47.2 Å². The molecule has 6 aromatic carbocycles. The minimum absolute atomic E-state index is 0. The average Bonchev–Trinajstić information content (AvgIpc) is 0.784. The third-order valence-corrected chi connectivity index (χ3v) is 12.4. The molecule has 92 heavy (non-hydrogen) atoms. The van der Waals surface area contributed by atoms with Gasteiger partial charge in [-0.05, 0) is 124 Å². The summed E-state index contributed by atoms with van der Waals surface area (Å²) < 4.78 is 101. The number of carboxylic acids is 1. The van der Waals surface area contributed by atoms with Gasteiger partial charge in [-0.15, -0.1) is 0 Å². The second-order valence-electron chi connectivity index (χ2n) is 20.1. The zero-order valence-corrected chi connectivity index (χ0v) is 55.2. The Morgan fingerprint density at radius 3 is 0.880 bits per heavy atom. The van der Waals surface area contributed by atoms with E-state index in [4.69, 9.17) is 32.4 Å². The number of nitrogens with zero attached hydrogens (tertiary/aromatic N) is 6. The van der Waals surface area contributed by atoms with E-state index in [-0.39, 0.29) is 25.9 Å². The van der Waals surface area contributed by atoms with E-state index in [9.17, 15) is 30.0 Å². The van der Waals surface area contributed by atoms with Crippen molar-refractivity contribution in [2.24, 2.45) is 0 Å². The Morgan fingerprint density at radius 1 is 0.370 bits per heavy atom. The molecule has 0 saturated heterocycles. The van der Waals surface area contributed by atoms with Gasteiger partial charge in [-0.25, -0.2) is 0 Å². The van der Waals surface area contributed by atoms with Gasteiger partial charge in [0.05, 0.1) is 63.1 Å². The molecule has 0 spiro atoms. The van der Waals surface area contributed by atoms with Crippen LogP contribution in [0.3, 0.4) is 0 Å². The second kappa shape index (κ2) is 34.7. The van der Waals surface area contributed by atoms with Gasteiger partial charge in [0.2, 0.25) is 0 Å². The van der Waals surface area contributed by atoms with E-state index in [0.717, 1.165) is 78.8 Å². The zero-order chi connectivity index (χ0) is 66.4. The molecule has 0 aliphatic heterocycles. The fraction of sp³-hybridized carbons (Fsp3) is 0.119. The van der Waals surface area contributed by atoms with Gasteiger partial charge in [-0.2, -0.15) is 25.3 Å². The SMILES string of the molecule is CS(=O)(=O)O.CS(=O)(=O)O.CS(=O)(=O)O.CS(O)(O)O.Cc1ccnc(-c2cc(CCCC(=O)O)ccn2)c1.[Ru].c1ccc(-c2ccnc3c2ccc2c(-c4ccccc4)ccnc23)cc1.c1ccc(-c2ccnc3c2ccc2c(-c4ccccc4)ccnc23)cc1. The molecule has 6 aromatic heterocycles. The molecule has 20 nitrogen and oxygen atoms in total. The summed E-state index contributed by atoms with van der Waals surface area (Å²) >= 11 is 0. The van der Waals surface area contributed by atoms with Crippen LogP contribution in [0.4, 0.5) is 0 Å². The topological polar surface area (TPSA) is 338 Å². The number of rotatable bonds is 9. The van der Waals surface area contributed by atoms with Crippen molar-refractivity contribution < 1.29 is 81.9 Å². The number of carbonyl (C=O) groups is 1. The van der Waals surface area contributed by atoms with Crippen LogP contribution >= 0.6 is 10.9 Å². The van der Waals surface area contributed by atoms with Gasteiger partial charge in [0, 0.05) is 90.9 Å². The number of fused-ring (bicyclic) bond motifs is 6. The smallest absolute Gasteiger partial charge is 0.303 e. The molecule has 0 unspecified atom stereocenters. The second-order valence-corrected chi connectivity index (χ2v) is 26.1. The van der Waals surface area contributed by atoms with Gasteiger partial charge >= 0.3 is 5.97 Å². The van der Waals surface area contributed by atoms with E-state index in [1.807, 2.05) is 80.2 Å². The van der Waals surface area contributed by atoms with Gasteiger partial charge in [-0.1, -0.05) is 146 Å². The third-order valence-electron chi connectivity index (χ3n) is 12.4. The maximum atomic E-state index is 10.5. The Kier molecular flexibility index (Phi) is 27.9. The molecule has 7 N–H and O–H groups in total. The van der Waals surface area contributed by atoms with Crippen LogP contribution in [-0.4, -0.2) is 119 Å². The minimum Gasteiger partial charge on any atom is -0.481 e. The van der Waals surface area contributed by atoms with Crippen LogP contribution in [0.1, 0.15) is 24.0 Å². The number of aliphatic carboxylic acids is 1. The molecule has 0 radical (unpaired) electrons. The Hall–Kier alpha value is -8.69. The molecule has 12 rings (SSSR count).